The van der Waals surface area contributed by atoms with Gasteiger partial charge in [0.15, 0.2) is 0 Å². The lowest BCUT2D eigenvalue weighted by Gasteiger charge is -2.13. The van der Waals surface area contributed by atoms with Crippen molar-refractivity contribution in [3.8, 4) is 0 Å². The van der Waals surface area contributed by atoms with Crippen molar-refractivity contribution in [1.29, 1.82) is 0 Å². The molecular formula is C12H20N6. The molecule has 98 valence electrons. The molecule has 0 radical (unpaired) electrons. The van der Waals surface area contributed by atoms with Crippen LogP contribution in [0.1, 0.15) is 37.8 Å². The van der Waals surface area contributed by atoms with E-state index < -0.39 is 0 Å². The Hall–Kier alpha value is -1.69. The van der Waals surface area contributed by atoms with E-state index in [1.807, 2.05) is 24.1 Å². The van der Waals surface area contributed by atoms with Crippen molar-refractivity contribution in [2.75, 3.05) is 0 Å². The molecule has 0 aliphatic heterocycles. The highest BCUT2D eigenvalue weighted by molar-refractivity contribution is 5.00. The van der Waals surface area contributed by atoms with Gasteiger partial charge in [-0.3, -0.25) is 0 Å². The van der Waals surface area contributed by atoms with E-state index in [0.717, 1.165) is 25.3 Å². The molecule has 0 bridgehead atoms. The number of aryl methyl sites for hydroxylation is 2. The first-order chi connectivity index (χ1) is 8.72. The minimum absolute atomic E-state index is 0.169. The third-order valence-electron chi connectivity index (χ3n) is 2.99. The minimum Gasteiger partial charge on any atom is -0.333 e. The summed E-state index contributed by atoms with van der Waals surface area (Å²) < 4.78 is 4.11. The highest BCUT2D eigenvalue weighted by atomic mass is 15.3. The van der Waals surface area contributed by atoms with Gasteiger partial charge < -0.3 is 14.5 Å². The van der Waals surface area contributed by atoms with E-state index in [4.69, 9.17) is 0 Å². The van der Waals surface area contributed by atoms with Crippen molar-refractivity contribution in [1.82, 2.24) is 29.6 Å². The lowest BCUT2D eigenvalue weighted by Crippen LogP contribution is -2.22. The van der Waals surface area contributed by atoms with E-state index in [9.17, 15) is 0 Å². The third kappa shape index (κ3) is 2.76. The Morgan fingerprint density at radius 1 is 1.39 bits per heavy atom. The van der Waals surface area contributed by atoms with E-state index >= 15 is 0 Å². The summed E-state index contributed by atoms with van der Waals surface area (Å²) in [6, 6.07) is 0.169. The van der Waals surface area contributed by atoms with Crippen LogP contribution in [0.3, 0.4) is 0 Å². The van der Waals surface area contributed by atoms with Crippen LogP contribution >= 0.6 is 0 Å². The molecule has 0 aliphatic carbocycles. The SMILES string of the molecule is CCCn1cncc1CNC(C)c1nncn1C. The van der Waals surface area contributed by atoms with Gasteiger partial charge in [-0.15, -0.1) is 10.2 Å². The number of hydrogen-bond donors (Lipinski definition) is 1. The molecule has 1 atom stereocenters. The standard InChI is InChI=1S/C12H20N6/c1-4-5-18-8-13-6-11(18)7-14-10(2)12-16-15-9-17(12)3/h6,8-10,14H,4-5,7H2,1-3H3. The summed E-state index contributed by atoms with van der Waals surface area (Å²) >= 11 is 0. The van der Waals surface area contributed by atoms with E-state index in [0.29, 0.717) is 0 Å². The first-order valence-electron chi connectivity index (χ1n) is 6.28. The van der Waals surface area contributed by atoms with Crippen LogP contribution in [0.25, 0.3) is 0 Å². The van der Waals surface area contributed by atoms with E-state index in [2.05, 4.69) is 38.9 Å². The van der Waals surface area contributed by atoms with Gasteiger partial charge in [-0.25, -0.2) is 4.98 Å². The smallest absolute Gasteiger partial charge is 0.149 e. The summed E-state index contributed by atoms with van der Waals surface area (Å²) in [6.45, 7) is 6.05. The molecule has 0 spiro atoms. The maximum absolute atomic E-state index is 4.19. The number of nitrogens with zero attached hydrogens (tertiary/aromatic N) is 5. The maximum atomic E-state index is 4.19. The Kier molecular flexibility index (Phi) is 4.09. The van der Waals surface area contributed by atoms with Gasteiger partial charge in [0, 0.05) is 26.3 Å². The lowest BCUT2D eigenvalue weighted by atomic mass is 10.3. The quantitative estimate of drug-likeness (QED) is 0.836. The largest absolute Gasteiger partial charge is 0.333 e. The monoisotopic (exact) mass is 248 g/mol. The second-order valence-electron chi connectivity index (χ2n) is 4.48. The van der Waals surface area contributed by atoms with Gasteiger partial charge in [-0.05, 0) is 13.3 Å². The zero-order valence-corrected chi connectivity index (χ0v) is 11.2. The van der Waals surface area contributed by atoms with Crippen molar-refractivity contribution in [2.45, 2.75) is 39.4 Å². The third-order valence-corrected chi connectivity index (χ3v) is 2.99. The van der Waals surface area contributed by atoms with Crippen LogP contribution in [0.2, 0.25) is 0 Å². The lowest BCUT2D eigenvalue weighted by molar-refractivity contribution is 0.508. The van der Waals surface area contributed by atoms with Crippen LogP contribution in [0.15, 0.2) is 18.9 Å². The van der Waals surface area contributed by atoms with Crippen molar-refractivity contribution >= 4 is 0 Å². The molecule has 0 saturated carbocycles. The van der Waals surface area contributed by atoms with Crippen LogP contribution in [-0.4, -0.2) is 24.3 Å². The van der Waals surface area contributed by atoms with Gasteiger partial charge in [0.25, 0.3) is 0 Å². The molecular weight excluding hydrogens is 228 g/mol. The first-order valence-corrected chi connectivity index (χ1v) is 6.28. The van der Waals surface area contributed by atoms with Gasteiger partial charge in [0.05, 0.1) is 18.1 Å². The van der Waals surface area contributed by atoms with Crippen LogP contribution in [0, 0.1) is 0 Å². The predicted molar refractivity (Wildman–Crippen MR) is 68.8 cm³/mol. The summed E-state index contributed by atoms with van der Waals surface area (Å²) in [6.07, 6.45) is 6.62. The van der Waals surface area contributed by atoms with Crippen LogP contribution in [0.4, 0.5) is 0 Å². The molecule has 18 heavy (non-hydrogen) atoms. The summed E-state index contributed by atoms with van der Waals surface area (Å²) in [5.41, 5.74) is 1.20. The van der Waals surface area contributed by atoms with E-state index in [1.165, 1.54) is 5.69 Å². The zero-order valence-electron chi connectivity index (χ0n) is 11.2. The molecule has 1 N–H and O–H groups in total. The maximum Gasteiger partial charge on any atom is 0.149 e. The molecule has 2 rings (SSSR count). The van der Waals surface area contributed by atoms with Gasteiger partial charge in [-0.1, -0.05) is 6.92 Å². The first kappa shape index (κ1) is 12.8. The normalized spacial score (nSPS) is 12.8. The number of imidazole rings is 1. The molecule has 0 saturated heterocycles. The molecule has 2 aromatic heterocycles. The molecule has 6 nitrogen and oxygen atoms in total. The fraction of sp³-hybridized carbons (Fsp3) is 0.583. The molecule has 1 unspecified atom stereocenters. The predicted octanol–water partition coefficient (Wildman–Crippen LogP) is 1.27. The van der Waals surface area contributed by atoms with Crippen molar-refractivity contribution in [2.24, 2.45) is 7.05 Å². The van der Waals surface area contributed by atoms with Crippen LogP contribution in [0.5, 0.6) is 0 Å². The average molecular weight is 248 g/mol. The molecule has 0 aliphatic rings. The van der Waals surface area contributed by atoms with Crippen molar-refractivity contribution < 1.29 is 0 Å². The van der Waals surface area contributed by atoms with Gasteiger partial charge in [0.1, 0.15) is 12.2 Å². The van der Waals surface area contributed by atoms with Gasteiger partial charge in [-0.2, -0.15) is 0 Å². The van der Waals surface area contributed by atoms with Crippen LogP contribution in [-0.2, 0) is 20.1 Å². The Bertz CT molecular complexity index is 486. The molecule has 0 fully saturated rings. The van der Waals surface area contributed by atoms with E-state index in [1.54, 1.807) is 6.33 Å². The highest BCUT2D eigenvalue weighted by Gasteiger charge is 2.11. The van der Waals surface area contributed by atoms with Gasteiger partial charge >= 0.3 is 0 Å². The van der Waals surface area contributed by atoms with Gasteiger partial charge in [0.2, 0.25) is 0 Å². The van der Waals surface area contributed by atoms with Crippen molar-refractivity contribution in [3.05, 3.63) is 30.4 Å². The highest BCUT2D eigenvalue weighted by Crippen LogP contribution is 2.09. The Morgan fingerprint density at radius 3 is 2.89 bits per heavy atom. The topological polar surface area (TPSA) is 60.6 Å². The average Bonchev–Trinajstić information content (AvgIpc) is 2.96. The van der Waals surface area contributed by atoms with Crippen LogP contribution < -0.4 is 5.32 Å². The minimum atomic E-state index is 0.169. The Morgan fingerprint density at radius 2 is 2.22 bits per heavy atom. The van der Waals surface area contributed by atoms with Crippen molar-refractivity contribution in [3.63, 3.8) is 0 Å². The summed E-state index contributed by atoms with van der Waals surface area (Å²) in [7, 11) is 1.95. The molecule has 0 amide bonds. The number of rotatable bonds is 6. The number of aromatic nitrogens is 5. The Labute approximate surface area is 107 Å². The fourth-order valence-electron chi connectivity index (χ4n) is 1.97. The zero-order chi connectivity index (χ0) is 13.0. The molecule has 2 heterocycles. The Balaban J connectivity index is 1.95. The number of nitrogens with one attached hydrogen (secondary N) is 1. The molecule has 6 heteroatoms. The second kappa shape index (κ2) is 5.77. The molecule has 2 aromatic rings. The summed E-state index contributed by atoms with van der Waals surface area (Å²) in [4.78, 5) is 4.19. The summed E-state index contributed by atoms with van der Waals surface area (Å²) in [5, 5.41) is 11.4. The number of hydrogen-bond acceptors (Lipinski definition) is 4. The molecule has 0 aromatic carbocycles. The fourth-order valence-corrected chi connectivity index (χ4v) is 1.97. The van der Waals surface area contributed by atoms with E-state index in [-0.39, 0.29) is 6.04 Å². The summed E-state index contributed by atoms with van der Waals surface area (Å²) in [5.74, 6) is 0.941. The second-order valence-corrected chi connectivity index (χ2v) is 4.48.